The fourth-order valence-corrected chi connectivity index (χ4v) is 3.72. The number of anilines is 1. The highest BCUT2D eigenvalue weighted by molar-refractivity contribution is 7.89. The summed E-state index contributed by atoms with van der Waals surface area (Å²) in [6, 6.07) is 8.30. The van der Waals surface area contributed by atoms with E-state index in [0.717, 1.165) is 9.87 Å². The van der Waals surface area contributed by atoms with Crippen LogP contribution in [0.4, 0.5) is 5.69 Å². The average Bonchev–Trinajstić information content (AvgIpc) is 3.17. The average molecular weight is 415 g/mol. The molecule has 0 spiro atoms. The summed E-state index contributed by atoms with van der Waals surface area (Å²) in [6.45, 7) is 1.71. The van der Waals surface area contributed by atoms with E-state index in [0.29, 0.717) is 23.0 Å². The van der Waals surface area contributed by atoms with Gasteiger partial charge in [0.1, 0.15) is 0 Å². The number of benzene rings is 1. The lowest BCUT2D eigenvalue weighted by Crippen LogP contribution is -2.23. The molecule has 0 bridgehead atoms. The number of nitrogens with one attached hydrogen (secondary N) is 1. The lowest BCUT2D eigenvalue weighted by molar-refractivity contribution is -0.116. The second kappa shape index (κ2) is 8.50. The van der Waals surface area contributed by atoms with Crippen LogP contribution in [-0.2, 0) is 21.2 Å². The van der Waals surface area contributed by atoms with Gasteiger partial charge in [0, 0.05) is 50.6 Å². The minimum absolute atomic E-state index is 0.113. The third kappa shape index (κ3) is 4.84. The Labute approximate surface area is 168 Å². The van der Waals surface area contributed by atoms with Gasteiger partial charge in [0.05, 0.1) is 4.90 Å². The van der Waals surface area contributed by atoms with E-state index in [2.05, 4.69) is 20.4 Å². The van der Waals surface area contributed by atoms with Crippen LogP contribution in [0.5, 0.6) is 0 Å². The number of hydrogen-bond acceptors (Lipinski definition) is 7. The van der Waals surface area contributed by atoms with Crippen molar-refractivity contribution in [2.24, 2.45) is 0 Å². The summed E-state index contributed by atoms with van der Waals surface area (Å²) in [5.41, 5.74) is 1.78. The van der Waals surface area contributed by atoms with E-state index in [1.165, 1.54) is 20.2 Å². The van der Waals surface area contributed by atoms with Gasteiger partial charge < -0.3 is 9.84 Å². The van der Waals surface area contributed by atoms with Crippen molar-refractivity contribution in [2.45, 2.75) is 24.7 Å². The molecule has 1 aromatic carbocycles. The third-order valence-corrected chi connectivity index (χ3v) is 6.16. The number of nitrogens with zero attached hydrogens (tertiary/aromatic N) is 4. The molecular weight excluding hydrogens is 394 g/mol. The van der Waals surface area contributed by atoms with Gasteiger partial charge in [0.2, 0.25) is 27.6 Å². The predicted molar refractivity (Wildman–Crippen MR) is 107 cm³/mol. The number of carbonyl (C=O) groups is 1. The topological polar surface area (TPSA) is 118 Å². The summed E-state index contributed by atoms with van der Waals surface area (Å²) >= 11 is 0. The number of aryl methyl sites for hydroxylation is 2. The summed E-state index contributed by atoms with van der Waals surface area (Å²) in [4.78, 5) is 20.6. The van der Waals surface area contributed by atoms with Crippen molar-refractivity contribution in [1.82, 2.24) is 19.4 Å². The molecule has 9 nitrogen and oxygen atoms in total. The molecule has 0 radical (unpaired) electrons. The zero-order valence-electron chi connectivity index (χ0n) is 16.3. The first-order valence-electron chi connectivity index (χ1n) is 8.83. The van der Waals surface area contributed by atoms with Gasteiger partial charge in [-0.1, -0.05) is 11.2 Å². The van der Waals surface area contributed by atoms with Crippen LogP contribution in [0.15, 0.2) is 52.1 Å². The molecule has 2 heterocycles. The molecule has 29 heavy (non-hydrogen) atoms. The molecule has 1 N–H and O–H groups in total. The van der Waals surface area contributed by atoms with Crippen LogP contribution in [0.1, 0.15) is 17.9 Å². The Morgan fingerprint density at radius 3 is 2.59 bits per heavy atom. The van der Waals surface area contributed by atoms with Crippen molar-refractivity contribution >= 4 is 21.6 Å². The first-order valence-corrected chi connectivity index (χ1v) is 10.3. The third-order valence-electron chi connectivity index (χ3n) is 4.20. The molecule has 0 saturated carbocycles. The molecule has 0 saturated heterocycles. The molecule has 0 fully saturated rings. The number of rotatable bonds is 7. The summed E-state index contributed by atoms with van der Waals surface area (Å²) in [7, 11) is -0.675. The highest BCUT2D eigenvalue weighted by Crippen LogP contribution is 2.22. The molecule has 10 heteroatoms. The smallest absolute Gasteiger partial charge is 0.242 e. The molecule has 152 valence electrons. The number of aromatic nitrogens is 3. The Kier molecular flexibility index (Phi) is 6.04. The maximum atomic E-state index is 12.4. The highest BCUT2D eigenvalue weighted by Gasteiger charge is 2.20. The fraction of sp³-hybridized carbons (Fsp3) is 0.263. The summed E-state index contributed by atoms with van der Waals surface area (Å²) in [5.74, 6) is 0.484. The Bertz CT molecular complexity index is 1110. The number of carbonyl (C=O) groups excluding carboxylic acids is 1. The molecule has 3 aromatic rings. The van der Waals surface area contributed by atoms with Crippen molar-refractivity contribution in [3.8, 4) is 11.4 Å². The van der Waals surface area contributed by atoms with Crippen LogP contribution < -0.4 is 5.32 Å². The van der Waals surface area contributed by atoms with Gasteiger partial charge in [-0.25, -0.2) is 12.7 Å². The highest BCUT2D eigenvalue weighted by atomic mass is 32.2. The Hall–Kier alpha value is -3.11. The Balaban J connectivity index is 1.64. The number of hydrogen-bond donors (Lipinski definition) is 1. The van der Waals surface area contributed by atoms with Crippen LogP contribution in [0.2, 0.25) is 0 Å². The normalized spacial score (nSPS) is 11.6. The summed E-state index contributed by atoms with van der Waals surface area (Å²) in [6.07, 6.45) is 3.64. The first-order chi connectivity index (χ1) is 13.8. The van der Waals surface area contributed by atoms with Crippen molar-refractivity contribution in [3.63, 3.8) is 0 Å². The van der Waals surface area contributed by atoms with Crippen LogP contribution in [0.25, 0.3) is 11.4 Å². The molecule has 0 unspecified atom stereocenters. The van der Waals surface area contributed by atoms with Crippen LogP contribution in [0.3, 0.4) is 0 Å². The van der Waals surface area contributed by atoms with Crippen molar-refractivity contribution in [2.75, 3.05) is 19.4 Å². The lowest BCUT2D eigenvalue weighted by Gasteiger charge is -2.15. The van der Waals surface area contributed by atoms with E-state index in [1.807, 2.05) is 0 Å². The van der Waals surface area contributed by atoms with Crippen LogP contribution in [-0.4, -0.2) is 47.9 Å². The number of amides is 1. The van der Waals surface area contributed by atoms with Crippen molar-refractivity contribution < 1.29 is 17.7 Å². The zero-order chi connectivity index (χ0) is 21.0. The monoisotopic (exact) mass is 415 g/mol. The van der Waals surface area contributed by atoms with Gasteiger partial charge in [0.25, 0.3) is 0 Å². The van der Waals surface area contributed by atoms with E-state index in [-0.39, 0.29) is 23.6 Å². The van der Waals surface area contributed by atoms with Gasteiger partial charge in [-0.05, 0) is 36.8 Å². The maximum Gasteiger partial charge on any atom is 0.242 e. The molecule has 0 atom stereocenters. The molecule has 3 rings (SSSR count). The minimum Gasteiger partial charge on any atom is -0.339 e. The molecule has 1 amide bonds. The van der Waals surface area contributed by atoms with E-state index < -0.39 is 10.0 Å². The predicted octanol–water partition coefficient (Wildman–Crippen LogP) is 2.26. The van der Waals surface area contributed by atoms with Gasteiger partial charge >= 0.3 is 0 Å². The van der Waals surface area contributed by atoms with E-state index in [4.69, 9.17) is 4.52 Å². The second-order valence-electron chi connectivity index (χ2n) is 6.56. The van der Waals surface area contributed by atoms with Gasteiger partial charge in [-0.2, -0.15) is 4.98 Å². The maximum absolute atomic E-state index is 12.4. The van der Waals surface area contributed by atoms with Gasteiger partial charge in [-0.15, -0.1) is 0 Å². The van der Waals surface area contributed by atoms with Crippen LogP contribution >= 0.6 is 0 Å². The zero-order valence-corrected chi connectivity index (χ0v) is 17.1. The van der Waals surface area contributed by atoms with Gasteiger partial charge in [-0.3, -0.25) is 9.78 Å². The Morgan fingerprint density at radius 1 is 1.17 bits per heavy atom. The molecule has 0 aliphatic carbocycles. The first kappa shape index (κ1) is 20.6. The molecule has 0 aliphatic heterocycles. The summed E-state index contributed by atoms with van der Waals surface area (Å²) in [5, 5.41) is 6.61. The van der Waals surface area contributed by atoms with Gasteiger partial charge in [0.15, 0.2) is 0 Å². The lowest BCUT2D eigenvalue weighted by atomic mass is 10.2. The van der Waals surface area contributed by atoms with E-state index in [9.17, 15) is 13.2 Å². The van der Waals surface area contributed by atoms with Crippen LogP contribution in [0, 0.1) is 6.92 Å². The number of sulfonamides is 1. The second-order valence-corrected chi connectivity index (χ2v) is 8.68. The number of pyridine rings is 1. The fourth-order valence-electron chi connectivity index (χ4n) is 2.57. The standard InChI is InChI=1S/C19H21N5O4S/c1-13-4-5-15(12-16(13)29(26,27)24(2)3)21-17(25)6-7-18-22-19(23-28-18)14-8-10-20-11-9-14/h4-5,8-12H,6-7H2,1-3H3,(H,21,25). The van der Waals surface area contributed by atoms with Crippen molar-refractivity contribution in [3.05, 3.63) is 54.2 Å². The summed E-state index contributed by atoms with van der Waals surface area (Å²) < 4.78 is 31.1. The molecule has 0 aliphatic rings. The quantitative estimate of drug-likeness (QED) is 0.629. The SMILES string of the molecule is Cc1ccc(NC(=O)CCc2nc(-c3ccncc3)no2)cc1S(=O)(=O)N(C)C. The van der Waals surface area contributed by atoms with E-state index in [1.54, 1.807) is 43.6 Å². The van der Waals surface area contributed by atoms with Crippen molar-refractivity contribution in [1.29, 1.82) is 0 Å². The molecular formula is C19H21N5O4S. The Morgan fingerprint density at radius 2 is 1.90 bits per heavy atom. The van der Waals surface area contributed by atoms with E-state index >= 15 is 0 Å². The molecule has 2 aromatic heterocycles. The largest absolute Gasteiger partial charge is 0.339 e. The minimum atomic E-state index is -3.60.